The van der Waals surface area contributed by atoms with E-state index in [0.717, 1.165) is 33.5 Å². The first-order valence-corrected chi connectivity index (χ1v) is 5.92. The van der Waals surface area contributed by atoms with Crippen molar-refractivity contribution in [2.75, 3.05) is 18.1 Å². The third-order valence-electron chi connectivity index (χ3n) is 3.09. The van der Waals surface area contributed by atoms with Crippen molar-refractivity contribution >= 4 is 22.3 Å². The standard InChI is InChI=1S/C14H19N3/c1-8(2)14-12-10(7-11(16-4)17-14)6-5-9(3)13(12)15/h5-8H,15H2,1-4H3,(H,16,17). The molecular weight excluding hydrogens is 210 g/mol. The van der Waals surface area contributed by atoms with Crippen LogP contribution in [0.5, 0.6) is 0 Å². The fraction of sp³-hybridized carbons (Fsp3) is 0.357. The van der Waals surface area contributed by atoms with E-state index < -0.39 is 0 Å². The number of rotatable bonds is 2. The topological polar surface area (TPSA) is 50.9 Å². The molecule has 0 aliphatic carbocycles. The smallest absolute Gasteiger partial charge is 0.126 e. The van der Waals surface area contributed by atoms with Crippen LogP contribution in [-0.4, -0.2) is 12.0 Å². The van der Waals surface area contributed by atoms with Gasteiger partial charge < -0.3 is 11.1 Å². The average molecular weight is 229 g/mol. The summed E-state index contributed by atoms with van der Waals surface area (Å²) in [7, 11) is 1.88. The van der Waals surface area contributed by atoms with E-state index in [1.54, 1.807) is 0 Å². The SMILES string of the molecule is CNc1cc2ccc(C)c(N)c2c(C(C)C)n1. The van der Waals surface area contributed by atoms with Crippen molar-refractivity contribution in [2.24, 2.45) is 0 Å². The van der Waals surface area contributed by atoms with Crippen LogP contribution in [0, 0.1) is 6.92 Å². The van der Waals surface area contributed by atoms with E-state index in [1.165, 1.54) is 0 Å². The zero-order chi connectivity index (χ0) is 12.6. The fourth-order valence-electron chi connectivity index (χ4n) is 2.06. The van der Waals surface area contributed by atoms with Gasteiger partial charge in [0.15, 0.2) is 0 Å². The molecule has 1 aromatic heterocycles. The number of hydrogen-bond acceptors (Lipinski definition) is 3. The minimum Gasteiger partial charge on any atom is -0.398 e. The molecule has 0 spiro atoms. The van der Waals surface area contributed by atoms with Gasteiger partial charge in [-0.1, -0.05) is 26.0 Å². The molecule has 0 bridgehead atoms. The molecule has 1 heterocycles. The lowest BCUT2D eigenvalue weighted by atomic mass is 9.98. The van der Waals surface area contributed by atoms with Crippen LogP contribution in [0.15, 0.2) is 18.2 Å². The summed E-state index contributed by atoms with van der Waals surface area (Å²) in [6, 6.07) is 6.20. The van der Waals surface area contributed by atoms with Crippen LogP contribution in [-0.2, 0) is 0 Å². The molecule has 0 radical (unpaired) electrons. The molecular formula is C14H19N3. The maximum Gasteiger partial charge on any atom is 0.126 e. The average Bonchev–Trinajstić information content (AvgIpc) is 2.32. The third-order valence-corrected chi connectivity index (χ3v) is 3.09. The highest BCUT2D eigenvalue weighted by Gasteiger charge is 2.12. The van der Waals surface area contributed by atoms with Gasteiger partial charge in [-0.25, -0.2) is 4.98 Å². The molecule has 0 fully saturated rings. The van der Waals surface area contributed by atoms with Gasteiger partial charge in [-0.2, -0.15) is 0 Å². The van der Waals surface area contributed by atoms with Crippen molar-refractivity contribution in [1.82, 2.24) is 4.98 Å². The van der Waals surface area contributed by atoms with Crippen LogP contribution in [0.25, 0.3) is 10.8 Å². The van der Waals surface area contributed by atoms with Crippen LogP contribution in [0.1, 0.15) is 31.0 Å². The van der Waals surface area contributed by atoms with E-state index in [4.69, 9.17) is 5.73 Å². The Bertz CT molecular complexity index is 559. The van der Waals surface area contributed by atoms with Crippen LogP contribution in [0.2, 0.25) is 0 Å². The zero-order valence-electron chi connectivity index (χ0n) is 10.8. The first-order valence-electron chi connectivity index (χ1n) is 5.92. The van der Waals surface area contributed by atoms with Gasteiger partial charge in [0.1, 0.15) is 5.82 Å². The Hall–Kier alpha value is -1.77. The molecule has 1 aromatic carbocycles. The monoisotopic (exact) mass is 229 g/mol. The van der Waals surface area contributed by atoms with Gasteiger partial charge >= 0.3 is 0 Å². The molecule has 17 heavy (non-hydrogen) atoms. The van der Waals surface area contributed by atoms with E-state index >= 15 is 0 Å². The number of nitrogens with two attached hydrogens (primary N) is 1. The first kappa shape index (κ1) is 11.7. The van der Waals surface area contributed by atoms with Crippen molar-refractivity contribution in [3.05, 3.63) is 29.5 Å². The predicted molar refractivity (Wildman–Crippen MR) is 74.5 cm³/mol. The number of aromatic nitrogens is 1. The zero-order valence-corrected chi connectivity index (χ0v) is 10.8. The third kappa shape index (κ3) is 1.93. The number of hydrogen-bond donors (Lipinski definition) is 2. The number of aryl methyl sites for hydroxylation is 1. The minimum absolute atomic E-state index is 0.356. The Kier molecular flexibility index (Phi) is 2.92. The molecule has 0 aliphatic heterocycles. The second kappa shape index (κ2) is 4.24. The lowest BCUT2D eigenvalue weighted by molar-refractivity contribution is 0.836. The number of anilines is 2. The summed E-state index contributed by atoms with van der Waals surface area (Å²) in [5.41, 5.74) is 9.21. The summed E-state index contributed by atoms with van der Waals surface area (Å²) >= 11 is 0. The summed E-state index contributed by atoms with van der Waals surface area (Å²) < 4.78 is 0. The highest BCUT2D eigenvalue weighted by Crippen LogP contribution is 2.32. The molecule has 3 heteroatoms. The van der Waals surface area contributed by atoms with Gasteiger partial charge in [0, 0.05) is 18.1 Å². The van der Waals surface area contributed by atoms with Gasteiger partial charge in [-0.05, 0) is 29.9 Å². The van der Waals surface area contributed by atoms with E-state index in [-0.39, 0.29) is 0 Å². The molecule has 2 aromatic rings. The summed E-state index contributed by atoms with van der Waals surface area (Å²) in [4.78, 5) is 4.63. The summed E-state index contributed by atoms with van der Waals surface area (Å²) in [6.07, 6.45) is 0. The molecule has 90 valence electrons. The Morgan fingerprint density at radius 2 is 2.00 bits per heavy atom. The van der Waals surface area contributed by atoms with Crippen LogP contribution in [0.4, 0.5) is 11.5 Å². The highest BCUT2D eigenvalue weighted by molar-refractivity contribution is 5.97. The maximum atomic E-state index is 6.19. The maximum absolute atomic E-state index is 6.19. The van der Waals surface area contributed by atoms with E-state index in [1.807, 2.05) is 20.0 Å². The summed E-state index contributed by atoms with van der Waals surface area (Å²) in [6.45, 7) is 6.32. The Labute approximate surface area is 102 Å². The van der Waals surface area contributed by atoms with E-state index in [9.17, 15) is 0 Å². The number of pyridine rings is 1. The van der Waals surface area contributed by atoms with Crippen LogP contribution < -0.4 is 11.1 Å². The number of nitrogens with one attached hydrogen (secondary N) is 1. The Balaban J connectivity index is 2.87. The fourth-order valence-corrected chi connectivity index (χ4v) is 2.06. The van der Waals surface area contributed by atoms with Crippen molar-refractivity contribution in [2.45, 2.75) is 26.7 Å². The van der Waals surface area contributed by atoms with Crippen molar-refractivity contribution in [3.8, 4) is 0 Å². The van der Waals surface area contributed by atoms with Gasteiger partial charge in [-0.15, -0.1) is 0 Å². The van der Waals surface area contributed by atoms with Gasteiger partial charge in [0.05, 0.1) is 5.69 Å². The second-order valence-corrected chi connectivity index (χ2v) is 4.69. The lowest BCUT2D eigenvalue weighted by Gasteiger charge is -2.14. The predicted octanol–water partition coefficient (Wildman–Crippen LogP) is 3.29. The van der Waals surface area contributed by atoms with E-state index in [2.05, 4.69) is 36.3 Å². The minimum atomic E-state index is 0.356. The molecule has 0 saturated heterocycles. The van der Waals surface area contributed by atoms with Gasteiger partial charge in [0.2, 0.25) is 0 Å². The molecule has 0 unspecified atom stereocenters. The van der Waals surface area contributed by atoms with Crippen LogP contribution in [0.3, 0.4) is 0 Å². The number of nitrogen functional groups attached to an aromatic ring is 1. The second-order valence-electron chi connectivity index (χ2n) is 4.69. The molecule has 2 rings (SSSR count). The number of benzene rings is 1. The van der Waals surface area contributed by atoms with Gasteiger partial charge in [-0.3, -0.25) is 0 Å². The Morgan fingerprint density at radius 3 is 2.59 bits per heavy atom. The molecule has 0 atom stereocenters. The molecule has 0 saturated carbocycles. The molecule has 3 N–H and O–H groups in total. The molecule has 0 aliphatic rings. The van der Waals surface area contributed by atoms with Crippen molar-refractivity contribution in [1.29, 1.82) is 0 Å². The number of nitrogens with zero attached hydrogens (tertiary/aromatic N) is 1. The summed E-state index contributed by atoms with van der Waals surface area (Å²) in [5, 5.41) is 5.34. The normalized spacial score (nSPS) is 11.1. The van der Waals surface area contributed by atoms with Crippen molar-refractivity contribution in [3.63, 3.8) is 0 Å². The molecule has 0 amide bonds. The van der Waals surface area contributed by atoms with Crippen molar-refractivity contribution < 1.29 is 0 Å². The van der Waals surface area contributed by atoms with E-state index in [0.29, 0.717) is 5.92 Å². The first-order chi connectivity index (χ1) is 8.04. The molecule has 3 nitrogen and oxygen atoms in total. The lowest BCUT2D eigenvalue weighted by Crippen LogP contribution is -2.02. The Morgan fingerprint density at radius 1 is 1.29 bits per heavy atom. The summed E-state index contributed by atoms with van der Waals surface area (Å²) in [5.74, 6) is 1.25. The highest BCUT2D eigenvalue weighted by atomic mass is 15.0. The largest absolute Gasteiger partial charge is 0.398 e. The number of fused-ring (bicyclic) bond motifs is 1. The van der Waals surface area contributed by atoms with Crippen LogP contribution >= 0.6 is 0 Å². The van der Waals surface area contributed by atoms with Gasteiger partial charge in [0.25, 0.3) is 0 Å². The quantitative estimate of drug-likeness (QED) is 0.777.